The van der Waals surface area contributed by atoms with E-state index >= 15 is 0 Å². The molecule has 2 amide bonds. The molecule has 4 heteroatoms. The Kier molecular flexibility index (Phi) is 4.68. The van der Waals surface area contributed by atoms with Gasteiger partial charge in [-0.25, -0.2) is 4.79 Å². The van der Waals surface area contributed by atoms with Gasteiger partial charge in [-0.05, 0) is 19.3 Å². The van der Waals surface area contributed by atoms with Crippen LogP contribution in [0.4, 0.5) is 4.79 Å². The van der Waals surface area contributed by atoms with E-state index in [1.165, 1.54) is 0 Å². The molecule has 1 aliphatic carbocycles. The molecule has 0 fully saturated rings. The molecular formula is C9H15ClN2O. The Hall–Kier alpha value is -0.700. The second kappa shape index (κ2) is 5.86. The van der Waals surface area contributed by atoms with Crippen molar-refractivity contribution >= 4 is 17.6 Å². The van der Waals surface area contributed by atoms with Crippen LogP contribution in [0.1, 0.15) is 19.3 Å². The average molecular weight is 203 g/mol. The van der Waals surface area contributed by atoms with Gasteiger partial charge in [0.1, 0.15) is 0 Å². The molecule has 0 aromatic carbocycles. The summed E-state index contributed by atoms with van der Waals surface area (Å²) >= 11 is 5.43. The molecule has 0 saturated heterocycles. The number of alkyl halides is 1. The molecule has 74 valence electrons. The summed E-state index contributed by atoms with van der Waals surface area (Å²) in [7, 11) is 0. The summed E-state index contributed by atoms with van der Waals surface area (Å²) in [6, 6.07) is 0.0706. The van der Waals surface area contributed by atoms with Crippen molar-refractivity contribution in [2.24, 2.45) is 0 Å². The number of hydrogen-bond acceptors (Lipinski definition) is 1. The molecule has 0 bridgehead atoms. The maximum absolute atomic E-state index is 11.2. The van der Waals surface area contributed by atoms with Crippen molar-refractivity contribution in [3.05, 3.63) is 12.2 Å². The number of rotatable bonds is 3. The predicted octanol–water partition coefficient (Wildman–Crippen LogP) is 1.63. The van der Waals surface area contributed by atoms with E-state index in [9.17, 15) is 4.79 Å². The van der Waals surface area contributed by atoms with E-state index in [2.05, 4.69) is 16.7 Å². The predicted molar refractivity (Wildman–Crippen MR) is 54.0 cm³/mol. The SMILES string of the molecule is O=C(NCCCl)NC1C=CCCC1. The number of nitrogens with one attached hydrogen (secondary N) is 2. The largest absolute Gasteiger partial charge is 0.337 e. The topological polar surface area (TPSA) is 41.1 Å². The third-order valence-electron chi connectivity index (χ3n) is 1.95. The summed E-state index contributed by atoms with van der Waals surface area (Å²) in [5, 5.41) is 5.52. The van der Waals surface area contributed by atoms with E-state index in [0.717, 1.165) is 19.3 Å². The van der Waals surface area contributed by atoms with E-state index in [0.29, 0.717) is 12.4 Å². The first-order valence-electron chi connectivity index (χ1n) is 4.60. The molecule has 1 aliphatic rings. The Morgan fingerprint density at radius 3 is 3.08 bits per heavy atom. The third-order valence-corrected chi connectivity index (χ3v) is 2.14. The van der Waals surface area contributed by atoms with Crippen molar-refractivity contribution in [1.82, 2.24) is 10.6 Å². The molecule has 1 rings (SSSR count). The van der Waals surface area contributed by atoms with Crippen molar-refractivity contribution in [2.75, 3.05) is 12.4 Å². The second-order valence-corrected chi connectivity index (χ2v) is 3.43. The molecular weight excluding hydrogens is 188 g/mol. The van der Waals surface area contributed by atoms with Gasteiger partial charge in [0.25, 0.3) is 0 Å². The molecule has 0 spiro atoms. The highest BCUT2D eigenvalue weighted by Crippen LogP contribution is 2.09. The van der Waals surface area contributed by atoms with Crippen LogP contribution in [0.2, 0.25) is 0 Å². The Balaban J connectivity index is 2.18. The molecule has 1 atom stereocenters. The summed E-state index contributed by atoms with van der Waals surface area (Å²) < 4.78 is 0. The molecule has 0 aromatic rings. The Morgan fingerprint density at radius 1 is 1.62 bits per heavy atom. The van der Waals surface area contributed by atoms with E-state index in [-0.39, 0.29) is 12.1 Å². The van der Waals surface area contributed by atoms with Gasteiger partial charge in [0.2, 0.25) is 0 Å². The lowest BCUT2D eigenvalue weighted by Gasteiger charge is -2.17. The molecule has 0 radical (unpaired) electrons. The fourth-order valence-electron chi connectivity index (χ4n) is 1.31. The van der Waals surface area contributed by atoms with Crippen molar-refractivity contribution in [2.45, 2.75) is 25.3 Å². The van der Waals surface area contributed by atoms with Crippen LogP contribution in [0, 0.1) is 0 Å². The Morgan fingerprint density at radius 2 is 2.46 bits per heavy atom. The summed E-state index contributed by atoms with van der Waals surface area (Å²) in [6.45, 7) is 0.518. The summed E-state index contributed by atoms with van der Waals surface area (Å²) in [4.78, 5) is 11.2. The van der Waals surface area contributed by atoms with Gasteiger partial charge in [0, 0.05) is 18.5 Å². The standard InChI is InChI=1S/C9H15ClN2O/c10-6-7-11-9(13)12-8-4-2-1-3-5-8/h2,4,8H,1,3,5-7H2,(H2,11,12,13). The third kappa shape index (κ3) is 4.18. The highest BCUT2D eigenvalue weighted by Gasteiger charge is 2.10. The van der Waals surface area contributed by atoms with Crippen molar-refractivity contribution in [1.29, 1.82) is 0 Å². The highest BCUT2D eigenvalue weighted by molar-refractivity contribution is 6.18. The van der Waals surface area contributed by atoms with E-state index in [4.69, 9.17) is 11.6 Å². The number of carbonyl (C=O) groups is 1. The molecule has 1 unspecified atom stereocenters. The van der Waals surface area contributed by atoms with E-state index in [1.807, 2.05) is 6.08 Å². The van der Waals surface area contributed by atoms with Crippen molar-refractivity contribution < 1.29 is 4.79 Å². The fraction of sp³-hybridized carbons (Fsp3) is 0.667. The minimum absolute atomic E-state index is 0.128. The van der Waals surface area contributed by atoms with Crippen LogP contribution in [-0.2, 0) is 0 Å². The molecule has 0 aromatic heterocycles. The van der Waals surface area contributed by atoms with Crippen LogP contribution in [0.5, 0.6) is 0 Å². The normalized spacial score (nSPS) is 21.2. The van der Waals surface area contributed by atoms with Crippen LogP contribution in [0.15, 0.2) is 12.2 Å². The lowest BCUT2D eigenvalue weighted by Crippen LogP contribution is -2.42. The first-order valence-corrected chi connectivity index (χ1v) is 5.13. The van der Waals surface area contributed by atoms with Gasteiger partial charge in [-0.15, -0.1) is 11.6 Å². The number of amides is 2. The molecule has 0 aliphatic heterocycles. The highest BCUT2D eigenvalue weighted by atomic mass is 35.5. The van der Waals surface area contributed by atoms with Crippen molar-refractivity contribution in [3.8, 4) is 0 Å². The quantitative estimate of drug-likeness (QED) is 0.530. The zero-order valence-corrected chi connectivity index (χ0v) is 8.31. The van der Waals surface area contributed by atoms with E-state index < -0.39 is 0 Å². The summed E-state index contributed by atoms with van der Waals surface area (Å²) in [5.41, 5.74) is 0. The molecule has 3 nitrogen and oxygen atoms in total. The van der Waals surface area contributed by atoms with Crippen LogP contribution in [0.25, 0.3) is 0 Å². The van der Waals surface area contributed by atoms with Crippen LogP contribution >= 0.6 is 11.6 Å². The summed E-state index contributed by atoms with van der Waals surface area (Å²) in [5.74, 6) is 0.452. The van der Waals surface area contributed by atoms with Gasteiger partial charge in [0.05, 0.1) is 0 Å². The molecule has 2 N–H and O–H groups in total. The maximum Gasteiger partial charge on any atom is 0.315 e. The minimum Gasteiger partial charge on any atom is -0.337 e. The Labute approximate surface area is 83.5 Å². The number of allylic oxidation sites excluding steroid dienone is 1. The van der Waals surface area contributed by atoms with Gasteiger partial charge in [-0.2, -0.15) is 0 Å². The first-order chi connectivity index (χ1) is 6.33. The van der Waals surface area contributed by atoms with Crippen LogP contribution in [-0.4, -0.2) is 24.5 Å². The first kappa shape index (κ1) is 10.4. The fourth-order valence-corrected chi connectivity index (χ4v) is 1.41. The lowest BCUT2D eigenvalue weighted by atomic mass is 10.0. The lowest BCUT2D eigenvalue weighted by molar-refractivity contribution is 0.238. The van der Waals surface area contributed by atoms with Gasteiger partial charge in [-0.1, -0.05) is 12.2 Å². The zero-order valence-electron chi connectivity index (χ0n) is 7.55. The molecule has 0 saturated carbocycles. The Bertz CT molecular complexity index is 194. The number of urea groups is 1. The average Bonchev–Trinajstić information content (AvgIpc) is 2.16. The van der Waals surface area contributed by atoms with E-state index in [1.54, 1.807) is 0 Å². The number of halogens is 1. The summed E-state index contributed by atoms with van der Waals surface area (Å²) in [6.07, 6.45) is 7.46. The van der Waals surface area contributed by atoms with Crippen LogP contribution < -0.4 is 10.6 Å². The second-order valence-electron chi connectivity index (χ2n) is 3.05. The van der Waals surface area contributed by atoms with Gasteiger partial charge < -0.3 is 10.6 Å². The number of carbonyl (C=O) groups excluding carboxylic acids is 1. The molecule has 0 heterocycles. The zero-order chi connectivity index (χ0) is 9.52. The van der Waals surface area contributed by atoms with Crippen LogP contribution in [0.3, 0.4) is 0 Å². The van der Waals surface area contributed by atoms with Gasteiger partial charge in [0.15, 0.2) is 0 Å². The van der Waals surface area contributed by atoms with Gasteiger partial charge in [-0.3, -0.25) is 0 Å². The monoisotopic (exact) mass is 202 g/mol. The van der Waals surface area contributed by atoms with Crippen molar-refractivity contribution in [3.63, 3.8) is 0 Å². The minimum atomic E-state index is -0.128. The maximum atomic E-state index is 11.2. The van der Waals surface area contributed by atoms with Gasteiger partial charge >= 0.3 is 6.03 Å². The molecule has 13 heavy (non-hydrogen) atoms. The smallest absolute Gasteiger partial charge is 0.315 e. The number of hydrogen-bond donors (Lipinski definition) is 2.